The van der Waals surface area contributed by atoms with Gasteiger partial charge < -0.3 is 5.32 Å². The van der Waals surface area contributed by atoms with Crippen LogP contribution in [0.3, 0.4) is 0 Å². The summed E-state index contributed by atoms with van der Waals surface area (Å²) >= 11 is 1.64. The van der Waals surface area contributed by atoms with Gasteiger partial charge in [-0.1, -0.05) is 12.1 Å². The maximum atomic E-state index is 12.2. The first-order valence-corrected chi connectivity index (χ1v) is 9.73. The van der Waals surface area contributed by atoms with Crippen LogP contribution in [-0.2, 0) is 21.4 Å². The summed E-state index contributed by atoms with van der Waals surface area (Å²) < 4.78 is 26.3. The van der Waals surface area contributed by atoms with Crippen molar-refractivity contribution in [2.45, 2.75) is 18.4 Å². The molecule has 2 N–H and O–H groups in total. The highest BCUT2D eigenvalue weighted by Crippen LogP contribution is 2.20. The Hall–Kier alpha value is -1.74. The van der Waals surface area contributed by atoms with E-state index in [2.05, 4.69) is 10.0 Å². The standard InChI is InChI=1S/C16H21N3O3S2/c1-12-6-7-13(9-15(12)24(21,22)17-2)18-16(20)11-19(3)10-14-5-4-8-23-14/h4-9,17H,10-11H2,1-3H3,(H,18,20). The zero-order chi connectivity index (χ0) is 17.7. The topological polar surface area (TPSA) is 78.5 Å². The van der Waals surface area contributed by atoms with E-state index in [1.54, 1.807) is 30.4 Å². The fourth-order valence-electron chi connectivity index (χ4n) is 2.25. The summed E-state index contributed by atoms with van der Waals surface area (Å²) in [4.78, 5) is 15.4. The van der Waals surface area contributed by atoms with Crippen LogP contribution in [-0.4, -0.2) is 39.9 Å². The highest BCUT2D eigenvalue weighted by atomic mass is 32.2. The molecule has 0 saturated carbocycles. The minimum absolute atomic E-state index is 0.162. The summed E-state index contributed by atoms with van der Waals surface area (Å²) in [6.45, 7) is 2.63. The van der Waals surface area contributed by atoms with Crippen molar-refractivity contribution in [3.63, 3.8) is 0 Å². The van der Waals surface area contributed by atoms with E-state index in [1.165, 1.54) is 18.0 Å². The summed E-state index contributed by atoms with van der Waals surface area (Å²) in [5.41, 5.74) is 1.08. The lowest BCUT2D eigenvalue weighted by molar-refractivity contribution is -0.117. The van der Waals surface area contributed by atoms with Gasteiger partial charge in [0.15, 0.2) is 0 Å². The SMILES string of the molecule is CNS(=O)(=O)c1cc(NC(=O)CN(C)Cc2cccs2)ccc1C. The third-order valence-corrected chi connectivity index (χ3v) is 5.87. The van der Waals surface area contributed by atoms with E-state index in [-0.39, 0.29) is 17.3 Å². The van der Waals surface area contributed by atoms with Crippen LogP contribution in [0.25, 0.3) is 0 Å². The second kappa shape index (κ2) is 7.89. The van der Waals surface area contributed by atoms with Gasteiger partial charge in [-0.05, 0) is 50.2 Å². The van der Waals surface area contributed by atoms with Crippen LogP contribution in [0.5, 0.6) is 0 Å². The lowest BCUT2D eigenvalue weighted by atomic mass is 10.2. The Bertz CT molecular complexity index is 802. The van der Waals surface area contributed by atoms with E-state index in [0.29, 0.717) is 17.8 Å². The molecule has 2 rings (SSSR count). The molecule has 0 unspecified atom stereocenters. The second-order valence-electron chi connectivity index (χ2n) is 5.49. The van der Waals surface area contributed by atoms with E-state index < -0.39 is 10.0 Å². The number of amides is 1. The lowest BCUT2D eigenvalue weighted by Crippen LogP contribution is -2.29. The second-order valence-corrected chi connectivity index (χ2v) is 8.37. The van der Waals surface area contributed by atoms with Crippen LogP contribution in [0.2, 0.25) is 0 Å². The number of hydrogen-bond donors (Lipinski definition) is 2. The number of sulfonamides is 1. The van der Waals surface area contributed by atoms with Crippen molar-refractivity contribution in [1.29, 1.82) is 0 Å². The molecule has 2 aromatic rings. The number of nitrogens with zero attached hydrogens (tertiary/aromatic N) is 1. The molecular weight excluding hydrogens is 346 g/mol. The van der Waals surface area contributed by atoms with Crippen molar-refractivity contribution < 1.29 is 13.2 Å². The number of nitrogens with one attached hydrogen (secondary N) is 2. The average Bonchev–Trinajstić information content (AvgIpc) is 3.01. The molecule has 0 bridgehead atoms. The summed E-state index contributed by atoms with van der Waals surface area (Å²) in [6, 6.07) is 8.84. The van der Waals surface area contributed by atoms with E-state index in [1.807, 2.05) is 29.5 Å². The summed E-state index contributed by atoms with van der Waals surface area (Å²) in [6.07, 6.45) is 0. The molecule has 0 atom stereocenters. The maximum Gasteiger partial charge on any atom is 0.240 e. The average molecular weight is 367 g/mol. The van der Waals surface area contributed by atoms with E-state index in [0.717, 1.165) is 0 Å². The van der Waals surface area contributed by atoms with Gasteiger partial charge in [0, 0.05) is 17.1 Å². The first-order chi connectivity index (χ1) is 11.3. The molecule has 0 aliphatic rings. The van der Waals surface area contributed by atoms with E-state index >= 15 is 0 Å². The number of aryl methyl sites for hydroxylation is 1. The van der Waals surface area contributed by atoms with Crippen molar-refractivity contribution >= 4 is 33.0 Å². The molecule has 1 aromatic carbocycles. The first-order valence-electron chi connectivity index (χ1n) is 7.37. The summed E-state index contributed by atoms with van der Waals surface area (Å²) in [5.74, 6) is -0.189. The quantitative estimate of drug-likeness (QED) is 0.785. The number of thiophene rings is 1. The Labute approximate surface area is 146 Å². The lowest BCUT2D eigenvalue weighted by Gasteiger charge is -2.16. The number of carbonyl (C=O) groups excluding carboxylic acids is 1. The Morgan fingerprint density at radius 1 is 1.29 bits per heavy atom. The fraction of sp³-hybridized carbons (Fsp3) is 0.312. The van der Waals surface area contributed by atoms with Gasteiger partial charge in [0.1, 0.15) is 0 Å². The number of carbonyl (C=O) groups is 1. The molecule has 130 valence electrons. The number of rotatable bonds is 7. The zero-order valence-corrected chi connectivity index (χ0v) is 15.5. The molecule has 24 heavy (non-hydrogen) atoms. The predicted molar refractivity (Wildman–Crippen MR) is 96.7 cm³/mol. The van der Waals surface area contributed by atoms with E-state index in [4.69, 9.17) is 0 Å². The van der Waals surface area contributed by atoms with Crippen LogP contribution in [0.1, 0.15) is 10.4 Å². The number of anilines is 1. The number of likely N-dealkylation sites (N-methyl/N-ethyl adjacent to an activating group) is 1. The third kappa shape index (κ3) is 4.88. The normalized spacial score (nSPS) is 11.7. The van der Waals surface area contributed by atoms with Crippen LogP contribution in [0, 0.1) is 6.92 Å². The Balaban J connectivity index is 2.02. The summed E-state index contributed by atoms with van der Waals surface area (Å²) in [5, 5.41) is 4.75. The Kier molecular flexibility index (Phi) is 6.11. The first kappa shape index (κ1) is 18.6. The van der Waals surface area contributed by atoms with Crippen molar-refractivity contribution in [3.8, 4) is 0 Å². The van der Waals surface area contributed by atoms with Gasteiger partial charge in [-0.3, -0.25) is 9.69 Å². The van der Waals surface area contributed by atoms with Crippen molar-refractivity contribution in [2.24, 2.45) is 0 Å². The van der Waals surface area contributed by atoms with Crippen molar-refractivity contribution in [1.82, 2.24) is 9.62 Å². The molecule has 6 nitrogen and oxygen atoms in total. The molecule has 0 radical (unpaired) electrons. The molecule has 0 fully saturated rings. The van der Waals surface area contributed by atoms with Crippen LogP contribution in [0.15, 0.2) is 40.6 Å². The fourth-order valence-corrected chi connectivity index (χ4v) is 4.03. The van der Waals surface area contributed by atoms with Crippen LogP contribution >= 0.6 is 11.3 Å². The van der Waals surface area contributed by atoms with Gasteiger partial charge in [-0.25, -0.2) is 13.1 Å². The van der Waals surface area contributed by atoms with Gasteiger partial charge in [0.05, 0.1) is 11.4 Å². The monoisotopic (exact) mass is 367 g/mol. The molecule has 1 heterocycles. The Morgan fingerprint density at radius 2 is 2.04 bits per heavy atom. The largest absolute Gasteiger partial charge is 0.325 e. The van der Waals surface area contributed by atoms with Gasteiger partial charge in [-0.2, -0.15) is 0 Å². The summed E-state index contributed by atoms with van der Waals surface area (Å²) in [7, 11) is -0.328. The van der Waals surface area contributed by atoms with Gasteiger partial charge in [-0.15, -0.1) is 11.3 Å². The molecule has 0 saturated heterocycles. The van der Waals surface area contributed by atoms with Crippen molar-refractivity contribution in [3.05, 3.63) is 46.2 Å². The van der Waals surface area contributed by atoms with Gasteiger partial charge >= 0.3 is 0 Å². The highest BCUT2D eigenvalue weighted by molar-refractivity contribution is 7.89. The zero-order valence-electron chi connectivity index (χ0n) is 13.9. The number of hydrogen-bond acceptors (Lipinski definition) is 5. The smallest absolute Gasteiger partial charge is 0.240 e. The highest BCUT2D eigenvalue weighted by Gasteiger charge is 2.16. The molecule has 1 aromatic heterocycles. The molecule has 0 spiro atoms. The minimum Gasteiger partial charge on any atom is -0.325 e. The molecule has 1 amide bonds. The number of benzene rings is 1. The maximum absolute atomic E-state index is 12.2. The van der Waals surface area contributed by atoms with E-state index in [9.17, 15) is 13.2 Å². The molecule has 0 aliphatic heterocycles. The van der Waals surface area contributed by atoms with Crippen molar-refractivity contribution in [2.75, 3.05) is 26.0 Å². The molecule has 0 aliphatic carbocycles. The van der Waals surface area contributed by atoms with Gasteiger partial charge in [0.25, 0.3) is 0 Å². The van der Waals surface area contributed by atoms with Gasteiger partial charge in [0.2, 0.25) is 15.9 Å². The van der Waals surface area contributed by atoms with Crippen LogP contribution in [0.4, 0.5) is 5.69 Å². The Morgan fingerprint density at radius 3 is 2.67 bits per heavy atom. The third-order valence-electron chi connectivity index (χ3n) is 3.45. The predicted octanol–water partition coefficient (Wildman–Crippen LogP) is 2.04. The molecule has 8 heteroatoms. The van der Waals surface area contributed by atoms with Crippen LogP contribution < -0.4 is 10.0 Å². The molecular formula is C16H21N3O3S2. The minimum atomic E-state index is -3.55.